The molecule has 5 rings (SSSR count). The van der Waals surface area contributed by atoms with Gasteiger partial charge in [-0.3, -0.25) is 4.79 Å². The predicted molar refractivity (Wildman–Crippen MR) is 150 cm³/mol. The highest BCUT2D eigenvalue weighted by atomic mass is 32.2. The molecule has 0 bridgehead atoms. The van der Waals surface area contributed by atoms with Crippen molar-refractivity contribution in [3.8, 4) is 11.1 Å². The van der Waals surface area contributed by atoms with Crippen LogP contribution in [0.5, 0.6) is 0 Å². The molecule has 0 spiro atoms. The van der Waals surface area contributed by atoms with Crippen molar-refractivity contribution in [2.45, 2.75) is 50.2 Å². The second-order valence-electron chi connectivity index (χ2n) is 9.62. The number of amides is 1. The summed E-state index contributed by atoms with van der Waals surface area (Å²) >= 11 is 1.62. The van der Waals surface area contributed by atoms with E-state index in [2.05, 4.69) is 39.8 Å². The molecule has 3 aromatic carbocycles. The number of aromatic nitrogens is 3. The summed E-state index contributed by atoms with van der Waals surface area (Å²) in [5, 5.41) is 21.3. The van der Waals surface area contributed by atoms with Crippen molar-refractivity contribution in [3.05, 3.63) is 101 Å². The van der Waals surface area contributed by atoms with Crippen LogP contribution in [0, 0.1) is 0 Å². The Labute approximate surface area is 232 Å². The molecule has 1 fully saturated rings. The van der Waals surface area contributed by atoms with Crippen LogP contribution in [0.2, 0.25) is 0 Å². The molecule has 4 aromatic rings. The van der Waals surface area contributed by atoms with E-state index in [4.69, 9.17) is 9.47 Å². The van der Waals surface area contributed by atoms with Gasteiger partial charge in [-0.25, -0.2) is 0 Å². The monoisotopic (exact) mass is 544 g/mol. The molecule has 3 atom stereocenters. The summed E-state index contributed by atoms with van der Waals surface area (Å²) in [7, 11) is 1.93. The van der Waals surface area contributed by atoms with Crippen LogP contribution in [0.1, 0.15) is 48.0 Å². The van der Waals surface area contributed by atoms with Gasteiger partial charge < -0.3 is 24.5 Å². The second kappa shape index (κ2) is 12.6. The fourth-order valence-electron chi connectivity index (χ4n) is 4.51. The zero-order valence-corrected chi connectivity index (χ0v) is 22.8. The minimum absolute atomic E-state index is 0.0109. The van der Waals surface area contributed by atoms with E-state index in [9.17, 15) is 9.90 Å². The zero-order valence-electron chi connectivity index (χ0n) is 22.0. The number of nitrogens with zero attached hydrogens (tertiary/aromatic N) is 3. The average molecular weight is 545 g/mol. The minimum Gasteiger partial charge on any atom is -0.392 e. The summed E-state index contributed by atoms with van der Waals surface area (Å²) in [6, 6.07) is 24.3. The van der Waals surface area contributed by atoms with Gasteiger partial charge in [0.15, 0.2) is 11.4 Å². The van der Waals surface area contributed by atoms with Crippen molar-refractivity contribution < 1.29 is 19.4 Å². The standard InChI is InChI=1S/C30H32N4O4S/c1-20(36)31-16-22-4-3-5-26(14-22)23-10-12-25(13-11-23)29-37-27(18-39-30-33-32-19-34(30)2)15-28(38-29)24-8-6-21(17-35)7-9-24/h3-14,19,27-29,35H,15-18H2,1-2H3,(H,31,36)/t27-,28+,29+/m1/s1. The molecule has 1 aliphatic rings. The number of aliphatic hydroxyl groups excluding tert-OH is 1. The maximum absolute atomic E-state index is 11.3. The largest absolute Gasteiger partial charge is 0.392 e. The number of carbonyl (C=O) groups is 1. The highest BCUT2D eigenvalue weighted by Gasteiger charge is 2.32. The number of benzene rings is 3. The van der Waals surface area contributed by atoms with Crippen LogP contribution in [-0.4, -0.2) is 37.6 Å². The lowest BCUT2D eigenvalue weighted by Gasteiger charge is -2.36. The molecule has 8 nitrogen and oxygen atoms in total. The molecule has 9 heteroatoms. The smallest absolute Gasteiger partial charge is 0.217 e. The summed E-state index contributed by atoms with van der Waals surface area (Å²) in [6.45, 7) is 2.03. The van der Waals surface area contributed by atoms with Gasteiger partial charge in [0.1, 0.15) is 6.33 Å². The van der Waals surface area contributed by atoms with Crippen molar-refractivity contribution >= 4 is 17.7 Å². The molecular weight excluding hydrogens is 512 g/mol. The first-order chi connectivity index (χ1) is 19.0. The SMILES string of the molecule is CC(=O)NCc1cccc(-c2ccc([C@H]3O[C@@H](CSc4nncn4C)C[C@@H](c4ccc(CO)cc4)O3)cc2)c1. The van der Waals surface area contributed by atoms with Crippen LogP contribution in [-0.2, 0) is 34.5 Å². The number of ether oxygens (including phenoxy) is 2. The molecule has 1 saturated heterocycles. The molecule has 202 valence electrons. The number of aliphatic hydroxyl groups is 1. The maximum Gasteiger partial charge on any atom is 0.217 e. The molecule has 1 amide bonds. The van der Waals surface area contributed by atoms with E-state index in [1.807, 2.05) is 60.1 Å². The lowest BCUT2D eigenvalue weighted by Crippen LogP contribution is -2.31. The van der Waals surface area contributed by atoms with E-state index in [1.54, 1.807) is 18.1 Å². The third kappa shape index (κ3) is 6.93. The van der Waals surface area contributed by atoms with Gasteiger partial charge in [0, 0.05) is 38.3 Å². The van der Waals surface area contributed by atoms with Crippen LogP contribution in [0.25, 0.3) is 11.1 Å². The molecule has 0 radical (unpaired) electrons. The van der Waals surface area contributed by atoms with Gasteiger partial charge in [-0.15, -0.1) is 10.2 Å². The van der Waals surface area contributed by atoms with Gasteiger partial charge in [0.25, 0.3) is 0 Å². The number of thioether (sulfide) groups is 1. The van der Waals surface area contributed by atoms with Gasteiger partial charge in [-0.1, -0.05) is 78.5 Å². The quantitative estimate of drug-likeness (QED) is 0.288. The predicted octanol–water partition coefficient (Wildman–Crippen LogP) is 4.95. The molecule has 2 N–H and O–H groups in total. The topological polar surface area (TPSA) is 98.5 Å². The molecular formula is C30H32N4O4S. The Balaban J connectivity index is 1.34. The molecule has 0 unspecified atom stereocenters. The van der Waals surface area contributed by atoms with Crippen LogP contribution < -0.4 is 5.32 Å². The Bertz CT molecular complexity index is 1390. The molecule has 2 heterocycles. The summed E-state index contributed by atoms with van der Waals surface area (Å²) in [5.41, 5.74) is 6.07. The Morgan fingerprint density at radius 2 is 1.79 bits per heavy atom. The van der Waals surface area contributed by atoms with E-state index >= 15 is 0 Å². The van der Waals surface area contributed by atoms with Crippen LogP contribution in [0.15, 0.2) is 84.3 Å². The van der Waals surface area contributed by atoms with Crippen LogP contribution in [0.4, 0.5) is 0 Å². The molecule has 1 aliphatic heterocycles. The van der Waals surface area contributed by atoms with Crippen LogP contribution in [0.3, 0.4) is 0 Å². The highest BCUT2D eigenvalue weighted by molar-refractivity contribution is 7.99. The highest BCUT2D eigenvalue weighted by Crippen LogP contribution is 2.39. The molecule has 0 saturated carbocycles. The average Bonchev–Trinajstić information content (AvgIpc) is 3.39. The zero-order chi connectivity index (χ0) is 27.2. The lowest BCUT2D eigenvalue weighted by atomic mass is 9.99. The number of aryl methyl sites for hydroxylation is 1. The van der Waals surface area contributed by atoms with Crippen molar-refractivity contribution in [3.63, 3.8) is 0 Å². The minimum atomic E-state index is -0.522. The Morgan fingerprint density at radius 1 is 1.03 bits per heavy atom. The van der Waals surface area contributed by atoms with Gasteiger partial charge in [-0.2, -0.15) is 0 Å². The summed E-state index contributed by atoms with van der Waals surface area (Å²) in [4.78, 5) is 11.3. The molecule has 39 heavy (non-hydrogen) atoms. The lowest BCUT2D eigenvalue weighted by molar-refractivity contribution is -0.245. The van der Waals surface area contributed by atoms with E-state index in [0.717, 1.165) is 44.3 Å². The summed E-state index contributed by atoms with van der Waals surface area (Å²) in [6.07, 6.45) is 1.67. The van der Waals surface area contributed by atoms with Crippen molar-refractivity contribution in [2.75, 3.05) is 5.75 Å². The van der Waals surface area contributed by atoms with Gasteiger partial charge in [0.2, 0.25) is 5.91 Å². The maximum atomic E-state index is 11.3. The first-order valence-corrected chi connectivity index (χ1v) is 13.9. The van der Waals surface area contributed by atoms with Gasteiger partial charge in [-0.05, 0) is 33.9 Å². The Kier molecular flexibility index (Phi) is 8.73. The number of carbonyl (C=O) groups excluding carboxylic acids is 1. The third-order valence-corrected chi connectivity index (χ3v) is 7.83. The number of rotatable bonds is 9. The van der Waals surface area contributed by atoms with E-state index < -0.39 is 6.29 Å². The third-order valence-electron chi connectivity index (χ3n) is 6.67. The van der Waals surface area contributed by atoms with Gasteiger partial charge in [0.05, 0.1) is 18.8 Å². The first-order valence-electron chi connectivity index (χ1n) is 12.9. The van der Waals surface area contributed by atoms with Crippen molar-refractivity contribution in [2.24, 2.45) is 7.05 Å². The van der Waals surface area contributed by atoms with Crippen molar-refractivity contribution in [1.82, 2.24) is 20.1 Å². The Hall–Kier alpha value is -3.50. The normalized spacial score (nSPS) is 19.1. The van der Waals surface area contributed by atoms with Crippen molar-refractivity contribution in [1.29, 1.82) is 0 Å². The molecule has 1 aromatic heterocycles. The van der Waals surface area contributed by atoms with E-state index in [0.29, 0.717) is 13.0 Å². The van der Waals surface area contributed by atoms with Crippen LogP contribution >= 0.6 is 11.8 Å². The fourth-order valence-corrected chi connectivity index (χ4v) is 5.42. The fraction of sp³-hybridized carbons (Fsp3) is 0.300. The van der Waals surface area contributed by atoms with E-state index in [-0.39, 0.29) is 24.7 Å². The number of hydrogen-bond acceptors (Lipinski definition) is 7. The second-order valence-corrected chi connectivity index (χ2v) is 10.6. The van der Waals surface area contributed by atoms with E-state index in [1.165, 1.54) is 6.92 Å². The first kappa shape index (κ1) is 27.1. The summed E-state index contributed by atoms with van der Waals surface area (Å²) in [5.74, 6) is 0.671. The van der Waals surface area contributed by atoms with Gasteiger partial charge >= 0.3 is 0 Å². The number of hydrogen-bond donors (Lipinski definition) is 2. The summed E-state index contributed by atoms with van der Waals surface area (Å²) < 4.78 is 14.8. The number of nitrogens with one attached hydrogen (secondary N) is 1. The Morgan fingerprint density at radius 3 is 2.49 bits per heavy atom. The molecule has 0 aliphatic carbocycles.